The summed E-state index contributed by atoms with van der Waals surface area (Å²) < 4.78 is 7.32. The second-order valence-electron chi connectivity index (χ2n) is 5.67. The lowest BCUT2D eigenvalue weighted by molar-refractivity contribution is 0.0656. The van der Waals surface area contributed by atoms with Gasteiger partial charge in [0.2, 0.25) is 0 Å². The Morgan fingerprint density at radius 1 is 1.57 bits per heavy atom. The zero-order chi connectivity index (χ0) is 15.2. The number of nitrogens with zero attached hydrogens (tertiary/aromatic N) is 2. The van der Waals surface area contributed by atoms with Gasteiger partial charge in [-0.15, -0.1) is 0 Å². The minimum atomic E-state index is -0.0868. The van der Waals surface area contributed by atoms with E-state index >= 15 is 0 Å². The van der Waals surface area contributed by atoms with Crippen molar-refractivity contribution >= 4 is 5.91 Å². The van der Waals surface area contributed by atoms with Crippen LogP contribution in [0.5, 0.6) is 0 Å². The van der Waals surface area contributed by atoms with Gasteiger partial charge in [0, 0.05) is 31.6 Å². The average Bonchev–Trinajstić information content (AvgIpc) is 2.87. The van der Waals surface area contributed by atoms with Gasteiger partial charge in [0.25, 0.3) is 5.91 Å². The topological polar surface area (TPSA) is 76.4 Å². The number of amides is 1. The summed E-state index contributed by atoms with van der Waals surface area (Å²) in [5.74, 6) is -0.0868. The van der Waals surface area contributed by atoms with Gasteiger partial charge in [-0.2, -0.15) is 5.10 Å². The lowest BCUT2D eigenvalue weighted by Gasteiger charge is -2.23. The van der Waals surface area contributed by atoms with E-state index in [-0.39, 0.29) is 18.6 Å². The fraction of sp³-hybridized carbons (Fsp3) is 0.733. The molecule has 0 radical (unpaired) electrons. The van der Waals surface area contributed by atoms with E-state index < -0.39 is 0 Å². The molecule has 2 N–H and O–H groups in total. The van der Waals surface area contributed by atoms with E-state index in [0.29, 0.717) is 18.0 Å². The van der Waals surface area contributed by atoms with Crippen molar-refractivity contribution in [3.63, 3.8) is 0 Å². The quantitative estimate of drug-likeness (QED) is 0.832. The third-order valence-electron chi connectivity index (χ3n) is 4.00. The van der Waals surface area contributed by atoms with E-state index in [1.807, 2.05) is 18.5 Å². The molecule has 0 saturated carbocycles. The molecule has 0 spiro atoms. The number of hydrogen-bond donors (Lipinski definition) is 2. The molecule has 6 heteroatoms. The third kappa shape index (κ3) is 4.04. The molecule has 6 nitrogen and oxygen atoms in total. The first-order valence-corrected chi connectivity index (χ1v) is 7.67. The Hall–Kier alpha value is -1.40. The summed E-state index contributed by atoms with van der Waals surface area (Å²) in [6.45, 7) is 5.55. The molecule has 1 fully saturated rings. The van der Waals surface area contributed by atoms with Crippen molar-refractivity contribution < 1.29 is 14.6 Å². The van der Waals surface area contributed by atoms with E-state index in [4.69, 9.17) is 9.84 Å². The monoisotopic (exact) mass is 295 g/mol. The minimum Gasteiger partial charge on any atom is -0.396 e. The summed E-state index contributed by atoms with van der Waals surface area (Å²) in [6.07, 6.45) is 5.00. The highest BCUT2D eigenvalue weighted by molar-refractivity contribution is 5.95. The van der Waals surface area contributed by atoms with E-state index in [9.17, 15) is 4.79 Å². The van der Waals surface area contributed by atoms with E-state index in [1.165, 1.54) is 0 Å². The number of aromatic nitrogens is 2. The highest BCUT2D eigenvalue weighted by atomic mass is 16.5. The number of rotatable bonds is 6. The Bertz CT molecular complexity index is 467. The second-order valence-corrected chi connectivity index (χ2v) is 5.67. The number of ether oxygens (including phenoxy) is 1. The van der Waals surface area contributed by atoms with Gasteiger partial charge in [0.15, 0.2) is 0 Å². The first kappa shape index (κ1) is 16.0. The number of nitrogens with one attached hydrogen (secondary N) is 1. The maximum absolute atomic E-state index is 12.3. The van der Waals surface area contributed by atoms with Crippen molar-refractivity contribution in [3.05, 3.63) is 17.5 Å². The van der Waals surface area contributed by atoms with Crippen LogP contribution in [0.25, 0.3) is 0 Å². The van der Waals surface area contributed by atoms with Crippen LogP contribution >= 0.6 is 0 Å². The molecule has 0 aliphatic carbocycles. The summed E-state index contributed by atoms with van der Waals surface area (Å²) in [7, 11) is 0. The average molecular weight is 295 g/mol. The smallest absolute Gasteiger partial charge is 0.254 e. The Kier molecular flexibility index (Phi) is 5.76. The van der Waals surface area contributed by atoms with E-state index in [2.05, 4.69) is 10.4 Å². The first-order chi connectivity index (χ1) is 10.1. The molecule has 1 aliphatic heterocycles. The van der Waals surface area contributed by atoms with Gasteiger partial charge in [-0.05, 0) is 39.5 Å². The lowest BCUT2D eigenvalue weighted by Crippen LogP contribution is -2.33. The second kappa shape index (κ2) is 7.56. The van der Waals surface area contributed by atoms with Crippen molar-refractivity contribution in [3.8, 4) is 0 Å². The SMILES string of the molecule is Cc1c(C(=O)NC(C)CCCO)cnn1C1CCOCC1. The van der Waals surface area contributed by atoms with Crippen LogP contribution in [-0.2, 0) is 4.74 Å². The summed E-state index contributed by atoms with van der Waals surface area (Å²) >= 11 is 0. The Morgan fingerprint density at radius 3 is 2.95 bits per heavy atom. The Morgan fingerprint density at radius 2 is 2.29 bits per heavy atom. The van der Waals surface area contributed by atoms with Crippen molar-refractivity contribution in [2.45, 2.75) is 51.6 Å². The molecule has 21 heavy (non-hydrogen) atoms. The van der Waals surface area contributed by atoms with E-state index in [1.54, 1.807) is 6.20 Å². The number of aliphatic hydroxyl groups is 1. The summed E-state index contributed by atoms with van der Waals surface area (Å²) in [4.78, 5) is 12.3. The van der Waals surface area contributed by atoms with Crippen LogP contribution in [0.4, 0.5) is 0 Å². The molecule has 1 aromatic heterocycles. The fourth-order valence-electron chi connectivity index (χ4n) is 2.72. The predicted octanol–water partition coefficient (Wildman–Crippen LogP) is 1.43. The highest BCUT2D eigenvalue weighted by Crippen LogP contribution is 2.23. The van der Waals surface area contributed by atoms with Gasteiger partial charge in [-0.3, -0.25) is 9.48 Å². The molecule has 1 aliphatic rings. The molecule has 0 aromatic carbocycles. The van der Waals surface area contributed by atoms with Gasteiger partial charge < -0.3 is 15.2 Å². The molecule has 118 valence electrons. The van der Waals surface area contributed by atoms with Crippen LogP contribution in [0.2, 0.25) is 0 Å². The van der Waals surface area contributed by atoms with Crippen LogP contribution in [0, 0.1) is 6.92 Å². The van der Waals surface area contributed by atoms with Crippen LogP contribution in [0.15, 0.2) is 6.20 Å². The van der Waals surface area contributed by atoms with Crippen LogP contribution in [0.3, 0.4) is 0 Å². The van der Waals surface area contributed by atoms with Crippen LogP contribution < -0.4 is 5.32 Å². The lowest BCUT2D eigenvalue weighted by atomic mass is 10.1. The summed E-state index contributed by atoms with van der Waals surface area (Å²) in [6, 6.07) is 0.377. The maximum atomic E-state index is 12.3. The molecular weight excluding hydrogens is 270 g/mol. The number of carbonyl (C=O) groups excluding carboxylic acids is 1. The molecule has 1 unspecified atom stereocenters. The number of carbonyl (C=O) groups is 1. The fourth-order valence-corrected chi connectivity index (χ4v) is 2.72. The van der Waals surface area contributed by atoms with Crippen molar-refractivity contribution in [1.29, 1.82) is 0 Å². The molecular formula is C15H25N3O3. The maximum Gasteiger partial charge on any atom is 0.254 e. The molecule has 2 heterocycles. The zero-order valence-corrected chi connectivity index (χ0v) is 12.8. The third-order valence-corrected chi connectivity index (χ3v) is 4.00. The Labute approximate surface area is 125 Å². The normalized spacial score (nSPS) is 17.7. The zero-order valence-electron chi connectivity index (χ0n) is 12.8. The van der Waals surface area contributed by atoms with Gasteiger partial charge in [0.1, 0.15) is 0 Å². The largest absolute Gasteiger partial charge is 0.396 e. The molecule has 1 saturated heterocycles. The molecule has 2 rings (SSSR count). The van der Waals surface area contributed by atoms with Gasteiger partial charge >= 0.3 is 0 Å². The van der Waals surface area contributed by atoms with Crippen molar-refractivity contribution in [2.75, 3.05) is 19.8 Å². The first-order valence-electron chi connectivity index (χ1n) is 7.67. The van der Waals surface area contributed by atoms with Gasteiger partial charge in [-0.25, -0.2) is 0 Å². The minimum absolute atomic E-state index is 0.0514. The summed E-state index contributed by atoms with van der Waals surface area (Å²) in [5.41, 5.74) is 1.55. The molecule has 1 amide bonds. The van der Waals surface area contributed by atoms with Crippen LogP contribution in [-0.4, -0.2) is 46.7 Å². The molecule has 1 atom stereocenters. The molecule has 1 aromatic rings. The number of aliphatic hydroxyl groups excluding tert-OH is 1. The van der Waals surface area contributed by atoms with E-state index in [0.717, 1.165) is 38.2 Å². The summed E-state index contributed by atoms with van der Waals surface area (Å²) in [5, 5.41) is 16.2. The van der Waals surface area contributed by atoms with Gasteiger partial charge in [-0.1, -0.05) is 0 Å². The van der Waals surface area contributed by atoms with Crippen molar-refractivity contribution in [1.82, 2.24) is 15.1 Å². The van der Waals surface area contributed by atoms with Gasteiger partial charge in [0.05, 0.1) is 17.8 Å². The standard InChI is InChI=1S/C15H25N3O3/c1-11(4-3-7-19)17-15(20)14-10-16-18(12(14)2)13-5-8-21-9-6-13/h10-11,13,19H,3-9H2,1-2H3,(H,17,20). The van der Waals surface area contributed by atoms with Crippen LogP contribution in [0.1, 0.15) is 54.7 Å². The molecule has 0 bridgehead atoms. The van der Waals surface area contributed by atoms with Crippen molar-refractivity contribution in [2.24, 2.45) is 0 Å². The number of hydrogen-bond acceptors (Lipinski definition) is 4. The Balaban J connectivity index is 2.00. The predicted molar refractivity (Wildman–Crippen MR) is 79.3 cm³/mol. The highest BCUT2D eigenvalue weighted by Gasteiger charge is 2.22.